The van der Waals surface area contributed by atoms with E-state index < -0.39 is 0 Å². The molecule has 1 aliphatic heterocycles. The summed E-state index contributed by atoms with van der Waals surface area (Å²) in [5.74, 6) is 2.27. The highest BCUT2D eigenvalue weighted by molar-refractivity contribution is 5.74. The zero-order valence-electron chi connectivity index (χ0n) is 12.6. The van der Waals surface area contributed by atoms with E-state index in [9.17, 15) is 4.79 Å². The molecule has 0 radical (unpaired) electrons. The van der Waals surface area contributed by atoms with Crippen LogP contribution in [0.3, 0.4) is 0 Å². The quantitative estimate of drug-likeness (QED) is 0.906. The summed E-state index contributed by atoms with van der Waals surface area (Å²) in [4.78, 5) is 13.9. The molecular weight excluding hydrogens is 268 g/mol. The monoisotopic (exact) mass is 290 g/mol. The van der Waals surface area contributed by atoms with Crippen molar-refractivity contribution in [3.05, 3.63) is 23.8 Å². The molecule has 0 spiro atoms. The molecule has 3 rings (SSSR count). The third-order valence-electron chi connectivity index (χ3n) is 4.36. The van der Waals surface area contributed by atoms with E-state index in [1.54, 1.807) is 0 Å². The number of carbonyl (C=O) groups excluding carboxylic acids is 1. The standard InChI is InChI=1S/C16H22N2O3/c1-11(13-4-5-13)18(2)16(19)17-8-7-12-3-6-14-15(9-12)21-10-20-14/h3,6,9,11,13H,4-5,7-8,10H2,1-2H3,(H,17,19). The fourth-order valence-electron chi connectivity index (χ4n) is 2.61. The second kappa shape index (κ2) is 5.84. The lowest BCUT2D eigenvalue weighted by atomic mass is 10.1. The molecule has 5 nitrogen and oxygen atoms in total. The van der Waals surface area contributed by atoms with Gasteiger partial charge in [-0.15, -0.1) is 0 Å². The van der Waals surface area contributed by atoms with Crippen molar-refractivity contribution >= 4 is 6.03 Å². The Labute approximate surface area is 125 Å². The molecule has 1 saturated carbocycles. The molecule has 5 heteroatoms. The third kappa shape index (κ3) is 3.23. The Morgan fingerprint density at radius 1 is 1.38 bits per heavy atom. The molecule has 2 aliphatic rings. The van der Waals surface area contributed by atoms with Gasteiger partial charge in [0, 0.05) is 19.6 Å². The Kier molecular flexibility index (Phi) is 3.90. The first-order chi connectivity index (χ1) is 10.1. The number of nitrogens with one attached hydrogen (secondary N) is 1. The molecule has 1 aromatic carbocycles. The predicted molar refractivity (Wildman–Crippen MR) is 79.6 cm³/mol. The van der Waals surface area contributed by atoms with Crippen molar-refractivity contribution in [2.24, 2.45) is 5.92 Å². The summed E-state index contributed by atoms with van der Waals surface area (Å²) in [7, 11) is 1.87. The van der Waals surface area contributed by atoms with Crippen LogP contribution in [0.25, 0.3) is 0 Å². The zero-order chi connectivity index (χ0) is 14.8. The number of amides is 2. The summed E-state index contributed by atoms with van der Waals surface area (Å²) in [5, 5.41) is 2.98. The van der Waals surface area contributed by atoms with Crippen LogP contribution < -0.4 is 14.8 Å². The van der Waals surface area contributed by atoms with Gasteiger partial charge in [0.2, 0.25) is 6.79 Å². The minimum Gasteiger partial charge on any atom is -0.454 e. The van der Waals surface area contributed by atoms with Gasteiger partial charge in [-0.3, -0.25) is 0 Å². The van der Waals surface area contributed by atoms with Crippen LogP contribution in [0.15, 0.2) is 18.2 Å². The summed E-state index contributed by atoms with van der Waals surface area (Å²) < 4.78 is 10.6. The van der Waals surface area contributed by atoms with Crippen molar-refractivity contribution < 1.29 is 14.3 Å². The largest absolute Gasteiger partial charge is 0.454 e. The maximum absolute atomic E-state index is 12.1. The number of nitrogens with zero attached hydrogens (tertiary/aromatic N) is 1. The van der Waals surface area contributed by atoms with Gasteiger partial charge in [-0.2, -0.15) is 0 Å². The number of hydrogen-bond acceptors (Lipinski definition) is 3. The molecule has 1 heterocycles. The smallest absolute Gasteiger partial charge is 0.317 e. The topological polar surface area (TPSA) is 50.8 Å². The molecule has 114 valence electrons. The molecule has 1 aliphatic carbocycles. The minimum atomic E-state index is 0.00939. The van der Waals surface area contributed by atoms with Crippen LogP contribution in [0.5, 0.6) is 11.5 Å². The molecule has 1 unspecified atom stereocenters. The summed E-state index contributed by atoms with van der Waals surface area (Å²) in [6.07, 6.45) is 3.28. The van der Waals surface area contributed by atoms with Crippen LogP contribution in [-0.4, -0.2) is 37.4 Å². The molecule has 1 aromatic rings. The van der Waals surface area contributed by atoms with Gasteiger partial charge in [-0.25, -0.2) is 4.79 Å². The summed E-state index contributed by atoms with van der Waals surface area (Å²) in [6.45, 7) is 3.04. The van der Waals surface area contributed by atoms with Gasteiger partial charge in [0.25, 0.3) is 0 Å². The van der Waals surface area contributed by atoms with Crippen molar-refractivity contribution in [2.45, 2.75) is 32.2 Å². The lowest BCUT2D eigenvalue weighted by Gasteiger charge is -2.25. The van der Waals surface area contributed by atoms with Crippen molar-refractivity contribution in [2.75, 3.05) is 20.4 Å². The number of fused-ring (bicyclic) bond motifs is 1. The van der Waals surface area contributed by atoms with Crippen LogP contribution in [-0.2, 0) is 6.42 Å². The first-order valence-corrected chi connectivity index (χ1v) is 7.54. The molecule has 0 saturated heterocycles. The van der Waals surface area contributed by atoms with Gasteiger partial charge in [0.1, 0.15) is 0 Å². The highest BCUT2D eigenvalue weighted by Crippen LogP contribution is 2.34. The molecule has 0 bridgehead atoms. The normalized spacial score (nSPS) is 17.4. The van der Waals surface area contributed by atoms with Gasteiger partial charge in [0.05, 0.1) is 0 Å². The Bertz CT molecular complexity index is 528. The third-order valence-corrected chi connectivity index (χ3v) is 4.36. The maximum atomic E-state index is 12.1. The van der Waals surface area contributed by atoms with E-state index in [-0.39, 0.29) is 6.03 Å². The molecule has 1 atom stereocenters. The van der Waals surface area contributed by atoms with Crippen LogP contribution >= 0.6 is 0 Å². The maximum Gasteiger partial charge on any atom is 0.317 e. The fraction of sp³-hybridized carbons (Fsp3) is 0.562. The second-order valence-electron chi connectivity index (χ2n) is 5.86. The minimum absolute atomic E-state index is 0.00939. The number of urea groups is 1. The predicted octanol–water partition coefficient (Wildman–Crippen LogP) is 2.40. The Balaban J connectivity index is 1.46. The number of ether oxygens (including phenoxy) is 2. The second-order valence-corrected chi connectivity index (χ2v) is 5.86. The van der Waals surface area contributed by atoms with E-state index in [0.29, 0.717) is 25.3 Å². The Hall–Kier alpha value is -1.91. The SMILES string of the molecule is CC(C1CC1)N(C)C(=O)NCCc1ccc2c(c1)OCO2. The van der Waals surface area contributed by atoms with Crippen molar-refractivity contribution in [1.82, 2.24) is 10.2 Å². The number of hydrogen-bond donors (Lipinski definition) is 1. The Morgan fingerprint density at radius 3 is 2.90 bits per heavy atom. The summed E-state index contributed by atoms with van der Waals surface area (Å²) in [6, 6.07) is 6.24. The molecule has 1 N–H and O–H groups in total. The van der Waals surface area contributed by atoms with Crippen molar-refractivity contribution in [3.8, 4) is 11.5 Å². The highest BCUT2D eigenvalue weighted by Gasteiger charge is 2.32. The molecule has 2 amide bonds. The lowest BCUT2D eigenvalue weighted by Crippen LogP contribution is -2.43. The summed E-state index contributed by atoms with van der Waals surface area (Å²) in [5.41, 5.74) is 1.14. The number of benzene rings is 1. The van der Waals surface area contributed by atoms with Gasteiger partial charge >= 0.3 is 6.03 Å². The van der Waals surface area contributed by atoms with E-state index >= 15 is 0 Å². The van der Waals surface area contributed by atoms with E-state index in [2.05, 4.69) is 12.2 Å². The van der Waals surface area contributed by atoms with Crippen LogP contribution in [0, 0.1) is 5.92 Å². The van der Waals surface area contributed by atoms with Gasteiger partial charge in [0.15, 0.2) is 11.5 Å². The van der Waals surface area contributed by atoms with Crippen LogP contribution in [0.1, 0.15) is 25.3 Å². The van der Waals surface area contributed by atoms with Gasteiger partial charge in [-0.1, -0.05) is 6.07 Å². The average molecular weight is 290 g/mol. The molecule has 1 fully saturated rings. The lowest BCUT2D eigenvalue weighted by molar-refractivity contribution is 0.174. The fourth-order valence-corrected chi connectivity index (χ4v) is 2.61. The average Bonchev–Trinajstić information content (AvgIpc) is 3.23. The summed E-state index contributed by atoms with van der Waals surface area (Å²) >= 11 is 0. The van der Waals surface area contributed by atoms with E-state index in [4.69, 9.17) is 9.47 Å². The van der Waals surface area contributed by atoms with Crippen molar-refractivity contribution in [3.63, 3.8) is 0 Å². The van der Waals surface area contributed by atoms with Crippen LogP contribution in [0.4, 0.5) is 4.79 Å². The van der Waals surface area contributed by atoms with Gasteiger partial charge < -0.3 is 19.7 Å². The number of rotatable bonds is 5. The Morgan fingerprint density at radius 2 is 2.14 bits per heavy atom. The zero-order valence-corrected chi connectivity index (χ0v) is 12.6. The van der Waals surface area contributed by atoms with Crippen molar-refractivity contribution in [1.29, 1.82) is 0 Å². The molecule has 21 heavy (non-hydrogen) atoms. The van der Waals surface area contributed by atoms with E-state index in [1.807, 2.05) is 30.1 Å². The highest BCUT2D eigenvalue weighted by atomic mass is 16.7. The first-order valence-electron chi connectivity index (χ1n) is 7.54. The van der Waals surface area contributed by atoms with E-state index in [1.165, 1.54) is 12.8 Å². The van der Waals surface area contributed by atoms with Gasteiger partial charge in [-0.05, 0) is 49.8 Å². The molecule has 0 aromatic heterocycles. The number of carbonyl (C=O) groups is 1. The van der Waals surface area contributed by atoms with Crippen LogP contribution in [0.2, 0.25) is 0 Å². The molecular formula is C16H22N2O3. The first kappa shape index (κ1) is 14.0. The van der Waals surface area contributed by atoms with E-state index in [0.717, 1.165) is 23.5 Å².